The zero-order chi connectivity index (χ0) is 20.4. The van der Waals surface area contributed by atoms with Gasteiger partial charge in [0.25, 0.3) is 11.1 Å². The number of aryl methyl sites for hydroxylation is 1. The Morgan fingerprint density at radius 2 is 1.55 bits per heavy atom. The monoisotopic (exact) mass is 398 g/mol. The molecule has 8 nitrogen and oxygen atoms in total. The number of hydrogen-bond donors (Lipinski definition) is 1. The van der Waals surface area contributed by atoms with Crippen LogP contribution in [0.15, 0.2) is 33.9 Å². The van der Waals surface area contributed by atoms with Gasteiger partial charge in [0.2, 0.25) is 11.8 Å². The van der Waals surface area contributed by atoms with Crippen molar-refractivity contribution in [2.24, 2.45) is 5.92 Å². The van der Waals surface area contributed by atoms with Crippen molar-refractivity contribution in [2.75, 3.05) is 26.2 Å². The highest BCUT2D eigenvalue weighted by molar-refractivity contribution is 5.81. The van der Waals surface area contributed by atoms with Gasteiger partial charge in [0.05, 0.1) is 17.3 Å². The summed E-state index contributed by atoms with van der Waals surface area (Å²) in [6, 6.07) is 6.65. The number of carbonyl (C=O) groups excluding carboxylic acids is 2. The van der Waals surface area contributed by atoms with E-state index in [1.807, 2.05) is 4.90 Å². The molecule has 0 atom stereocenters. The predicted octanol–water partition coefficient (Wildman–Crippen LogP) is 0.941. The summed E-state index contributed by atoms with van der Waals surface area (Å²) in [5.41, 5.74) is -0.647. The van der Waals surface area contributed by atoms with Gasteiger partial charge in [0.1, 0.15) is 0 Å². The fraction of sp³-hybridized carbons (Fsp3) is 0.524. The van der Waals surface area contributed by atoms with E-state index < -0.39 is 0 Å². The third kappa shape index (κ3) is 3.97. The van der Waals surface area contributed by atoms with Gasteiger partial charge in [0.15, 0.2) is 0 Å². The number of nitrogens with zero attached hydrogens (tertiary/aromatic N) is 3. The first-order chi connectivity index (χ1) is 14.0. The Morgan fingerprint density at radius 3 is 2.24 bits per heavy atom. The summed E-state index contributed by atoms with van der Waals surface area (Å²) in [7, 11) is 0. The molecule has 2 aromatic rings. The molecule has 1 saturated heterocycles. The van der Waals surface area contributed by atoms with E-state index in [1.165, 1.54) is 4.68 Å². The molecule has 2 heterocycles. The van der Waals surface area contributed by atoms with Gasteiger partial charge < -0.3 is 9.80 Å². The highest BCUT2D eigenvalue weighted by Crippen LogP contribution is 2.26. The van der Waals surface area contributed by atoms with Crippen LogP contribution >= 0.6 is 0 Å². The van der Waals surface area contributed by atoms with Crippen molar-refractivity contribution in [3.8, 4) is 0 Å². The maximum atomic E-state index is 12.6. The van der Waals surface area contributed by atoms with Crippen LogP contribution in [-0.2, 0) is 16.1 Å². The van der Waals surface area contributed by atoms with Gasteiger partial charge >= 0.3 is 0 Å². The Kier molecular flexibility index (Phi) is 5.51. The molecule has 4 rings (SSSR count). The van der Waals surface area contributed by atoms with Crippen molar-refractivity contribution in [3.63, 3.8) is 0 Å². The summed E-state index contributed by atoms with van der Waals surface area (Å²) in [6.07, 6.45) is 4.36. The fourth-order valence-electron chi connectivity index (χ4n) is 4.38. The number of benzene rings is 1. The molecule has 0 unspecified atom stereocenters. The van der Waals surface area contributed by atoms with Gasteiger partial charge in [-0.25, -0.2) is 4.68 Å². The van der Waals surface area contributed by atoms with Gasteiger partial charge in [-0.05, 0) is 25.0 Å². The summed E-state index contributed by atoms with van der Waals surface area (Å²) in [5, 5.41) is 3.25. The maximum Gasteiger partial charge on any atom is 0.273 e. The lowest BCUT2D eigenvalue weighted by molar-refractivity contribution is -0.142. The van der Waals surface area contributed by atoms with E-state index in [-0.39, 0.29) is 41.8 Å². The van der Waals surface area contributed by atoms with Crippen molar-refractivity contribution < 1.29 is 9.59 Å². The number of H-pyrrole nitrogens is 1. The smallest absolute Gasteiger partial charge is 0.273 e. The van der Waals surface area contributed by atoms with Crippen LogP contribution in [0.25, 0.3) is 10.8 Å². The van der Waals surface area contributed by atoms with Gasteiger partial charge in [-0.3, -0.25) is 24.3 Å². The zero-order valence-corrected chi connectivity index (χ0v) is 16.4. The molecule has 1 aliphatic heterocycles. The number of nitrogens with one attached hydrogen (secondary N) is 1. The zero-order valence-electron chi connectivity index (χ0n) is 16.4. The van der Waals surface area contributed by atoms with E-state index in [0.29, 0.717) is 37.0 Å². The van der Waals surface area contributed by atoms with E-state index in [4.69, 9.17) is 0 Å². The molecular weight excluding hydrogens is 372 g/mol. The summed E-state index contributed by atoms with van der Waals surface area (Å²) >= 11 is 0. The Balaban J connectivity index is 1.34. The fourth-order valence-corrected chi connectivity index (χ4v) is 4.38. The summed E-state index contributed by atoms with van der Waals surface area (Å²) in [4.78, 5) is 53.4. The van der Waals surface area contributed by atoms with Crippen molar-refractivity contribution >= 4 is 22.6 Å². The van der Waals surface area contributed by atoms with Crippen LogP contribution in [0.1, 0.15) is 32.1 Å². The number of aromatic amines is 1. The molecule has 2 aliphatic rings. The minimum absolute atomic E-state index is 0.0705. The Morgan fingerprint density at radius 1 is 0.931 bits per heavy atom. The predicted molar refractivity (Wildman–Crippen MR) is 109 cm³/mol. The molecule has 0 radical (unpaired) electrons. The quantitative estimate of drug-likeness (QED) is 0.829. The molecule has 1 aromatic heterocycles. The molecule has 1 saturated carbocycles. The Labute approximate surface area is 168 Å². The molecule has 0 bridgehead atoms. The minimum atomic E-state index is -0.341. The molecule has 8 heteroatoms. The number of amides is 2. The van der Waals surface area contributed by atoms with Gasteiger partial charge in [-0.2, -0.15) is 0 Å². The molecule has 2 fully saturated rings. The van der Waals surface area contributed by atoms with Crippen LogP contribution in [0.5, 0.6) is 0 Å². The van der Waals surface area contributed by atoms with Crippen molar-refractivity contribution in [3.05, 3.63) is 45.0 Å². The molecule has 1 N–H and O–H groups in total. The second-order valence-corrected chi connectivity index (χ2v) is 7.88. The number of aromatic nitrogens is 2. The number of hydrogen-bond acceptors (Lipinski definition) is 4. The molecule has 1 aliphatic carbocycles. The van der Waals surface area contributed by atoms with Crippen LogP contribution in [0.3, 0.4) is 0 Å². The number of fused-ring (bicyclic) bond motifs is 1. The SMILES string of the molecule is O=C(CCn1[nH]c(=O)c2ccccc2c1=O)N1CCN(C(=O)C2CCCC2)CC1. The maximum absolute atomic E-state index is 12.6. The average Bonchev–Trinajstić information content (AvgIpc) is 3.29. The second kappa shape index (κ2) is 8.23. The second-order valence-electron chi connectivity index (χ2n) is 7.88. The van der Waals surface area contributed by atoms with E-state index in [1.54, 1.807) is 29.2 Å². The molecule has 1 aromatic carbocycles. The van der Waals surface area contributed by atoms with E-state index in [9.17, 15) is 19.2 Å². The van der Waals surface area contributed by atoms with E-state index in [0.717, 1.165) is 25.7 Å². The average molecular weight is 398 g/mol. The van der Waals surface area contributed by atoms with Gasteiger partial charge in [0, 0.05) is 38.5 Å². The first kappa shape index (κ1) is 19.4. The van der Waals surface area contributed by atoms with Crippen molar-refractivity contribution in [1.29, 1.82) is 0 Å². The van der Waals surface area contributed by atoms with Crippen LogP contribution in [0.2, 0.25) is 0 Å². The molecule has 0 spiro atoms. The first-order valence-corrected chi connectivity index (χ1v) is 10.3. The number of piperazine rings is 1. The largest absolute Gasteiger partial charge is 0.339 e. The highest BCUT2D eigenvalue weighted by atomic mass is 16.2. The van der Waals surface area contributed by atoms with E-state index >= 15 is 0 Å². The third-order valence-corrected chi connectivity index (χ3v) is 6.08. The normalized spacial score (nSPS) is 17.8. The Bertz CT molecular complexity index is 1030. The standard InChI is InChI=1S/C21H26N4O4/c26-18(23-11-13-24(14-12-23)20(28)15-5-1-2-6-15)9-10-25-21(29)17-8-4-3-7-16(17)19(27)22-25/h3-4,7-8,15H,1-2,5-6,9-14H2,(H,22,27). The van der Waals surface area contributed by atoms with Crippen LogP contribution < -0.4 is 11.1 Å². The molecule has 29 heavy (non-hydrogen) atoms. The minimum Gasteiger partial charge on any atom is -0.339 e. The molecular formula is C21H26N4O4. The highest BCUT2D eigenvalue weighted by Gasteiger charge is 2.30. The van der Waals surface area contributed by atoms with Gasteiger partial charge in [-0.1, -0.05) is 25.0 Å². The molecule has 154 valence electrons. The van der Waals surface area contributed by atoms with Crippen LogP contribution in [-0.4, -0.2) is 57.6 Å². The summed E-state index contributed by atoms with van der Waals surface area (Å²) in [5.74, 6) is 0.322. The summed E-state index contributed by atoms with van der Waals surface area (Å²) in [6.45, 7) is 2.28. The lowest BCUT2D eigenvalue weighted by atomic mass is 10.1. The van der Waals surface area contributed by atoms with Crippen LogP contribution in [0, 0.1) is 5.92 Å². The molecule has 2 amide bonds. The summed E-state index contributed by atoms with van der Waals surface area (Å²) < 4.78 is 1.21. The third-order valence-electron chi connectivity index (χ3n) is 6.08. The van der Waals surface area contributed by atoms with Crippen LogP contribution in [0.4, 0.5) is 0 Å². The lowest BCUT2D eigenvalue weighted by Gasteiger charge is -2.36. The van der Waals surface area contributed by atoms with Crippen molar-refractivity contribution in [2.45, 2.75) is 38.6 Å². The first-order valence-electron chi connectivity index (χ1n) is 10.3. The van der Waals surface area contributed by atoms with Gasteiger partial charge in [-0.15, -0.1) is 0 Å². The van der Waals surface area contributed by atoms with E-state index in [2.05, 4.69) is 5.10 Å². The lowest BCUT2D eigenvalue weighted by Crippen LogP contribution is -2.52. The topological polar surface area (TPSA) is 95.5 Å². The number of rotatable bonds is 4. The number of carbonyl (C=O) groups is 2. The van der Waals surface area contributed by atoms with Crippen molar-refractivity contribution in [1.82, 2.24) is 19.6 Å². The Hall–Kier alpha value is -2.90.